The molecule has 0 aliphatic carbocycles. The Hall–Kier alpha value is -2.67. The van der Waals surface area contributed by atoms with Gasteiger partial charge in [0.25, 0.3) is 0 Å². The number of carbonyl (C=O) groups excluding carboxylic acids is 1. The molecule has 0 radical (unpaired) electrons. The highest BCUT2D eigenvalue weighted by Crippen LogP contribution is 2.35. The van der Waals surface area contributed by atoms with Crippen molar-refractivity contribution in [3.63, 3.8) is 0 Å². The standard InChI is InChI=1S/C13H12N2O5/c14-15-13(16)11-4-2-9(20-11)6-17-8-1-3-10-12(5-8)19-7-18-10/h1-5H,6-7,14H2,(H,15,16). The lowest BCUT2D eigenvalue weighted by molar-refractivity contribution is 0.0922. The molecule has 104 valence electrons. The van der Waals surface area contributed by atoms with Gasteiger partial charge in [-0.05, 0) is 24.3 Å². The maximum Gasteiger partial charge on any atom is 0.300 e. The molecule has 20 heavy (non-hydrogen) atoms. The number of nitrogens with one attached hydrogen (secondary N) is 1. The molecule has 0 bridgehead atoms. The van der Waals surface area contributed by atoms with Crippen LogP contribution in [-0.2, 0) is 6.61 Å². The van der Waals surface area contributed by atoms with Gasteiger partial charge in [0.1, 0.15) is 18.1 Å². The first kappa shape index (κ1) is 12.4. The van der Waals surface area contributed by atoms with Crippen LogP contribution in [0.15, 0.2) is 34.7 Å². The summed E-state index contributed by atoms with van der Waals surface area (Å²) in [6.45, 7) is 0.409. The minimum absolute atomic E-state index is 0.136. The van der Waals surface area contributed by atoms with Crippen LogP contribution in [0.3, 0.4) is 0 Å². The third-order valence-electron chi connectivity index (χ3n) is 2.74. The van der Waals surface area contributed by atoms with Gasteiger partial charge in [0, 0.05) is 6.07 Å². The highest BCUT2D eigenvalue weighted by Gasteiger charge is 2.14. The summed E-state index contributed by atoms with van der Waals surface area (Å²) in [4.78, 5) is 11.2. The van der Waals surface area contributed by atoms with Crippen molar-refractivity contribution in [2.45, 2.75) is 6.61 Å². The van der Waals surface area contributed by atoms with E-state index in [1.165, 1.54) is 6.07 Å². The number of hydrogen-bond donors (Lipinski definition) is 2. The van der Waals surface area contributed by atoms with Crippen LogP contribution >= 0.6 is 0 Å². The molecule has 1 amide bonds. The summed E-state index contributed by atoms with van der Waals surface area (Å²) in [6, 6.07) is 8.45. The molecular formula is C13H12N2O5. The van der Waals surface area contributed by atoms with Gasteiger partial charge in [-0.3, -0.25) is 10.2 Å². The number of benzene rings is 1. The van der Waals surface area contributed by atoms with Gasteiger partial charge in [-0.1, -0.05) is 0 Å². The summed E-state index contributed by atoms with van der Waals surface area (Å²) < 4.78 is 21.3. The van der Waals surface area contributed by atoms with Crippen LogP contribution in [-0.4, -0.2) is 12.7 Å². The maximum atomic E-state index is 11.2. The van der Waals surface area contributed by atoms with Crippen LogP contribution in [0.5, 0.6) is 17.2 Å². The first-order valence-corrected chi connectivity index (χ1v) is 5.88. The molecule has 0 atom stereocenters. The number of hydrogen-bond acceptors (Lipinski definition) is 6. The largest absolute Gasteiger partial charge is 0.486 e. The van der Waals surface area contributed by atoms with Crippen molar-refractivity contribution in [2.75, 3.05) is 6.79 Å². The fraction of sp³-hybridized carbons (Fsp3) is 0.154. The fourth-order valence-corrected chi connectivity index (χ4v) is 1.77. The van der Waals surface area contributed by atoms with E-state index in [-0.39, 0.29) is 19.2 Å². The third-order valence-corrected chi connectivity index (χ3v) is 2.74. The van der Waals surface area contributed by atoms with E-state index >= 15 is 0 Å². The number of hydrazine groups is 1. The van der Waals surface area contributed by atoms with Gasteiger partial charge in [0.15, 0.2) is 17.3 Å². The van der Waals surface area contributed by atoms with E-state index in [0.29, 0.717) is 23.0 Å². The topological polar surface area (TPSA) is 96.0 Å². The first-order chi connectivity index (χ1) is 9.76. The van der Waals surface area contributed by atoms with Crippen molar-refractivity contribution < 1.29 is 23.4 Å². The van der Waals surface area contributed by atoms with E-state index in [1.807, 2.05) is 5.43 Å². The zero-order valence-electron chi connectivity index (χ0n) is 10.4. The number of fused-ring (bicyclic) bond motifs is 1. The lowest BCUT2D eigenvalue weighted by atomic mass is 10.3. The van der Waals surface area contributed by atoms with Gasteiger partial charge in [0.2, 0.25) is 6.79 Å². The summed E-state index contributed by atoms with van der Waals surface area (Å²) in [5.74, 6) is 7.13. The molecule has 3 rings (SSSR count). The minimum Gasteiger partial charge on any atom is -0.486 e. The van der Waals surface area contributed by atoms with Crippen molar-refractivity contribution in [3.8, 4) is 17.2 Å². The molecule has 1 aromatic carbocycles. The van der Waals surface area contributed by atoms with Gasteiger partial charge in [-0.2, -0.15) is 0 Å². The number of furan rings is 1. The fourth-order valence-electron chi connectivity index (χ4n) is 1.77. The normalized spacial score (nSPS) is 12.2. The molecule has 2 heterocycles. The molecule has 0 fully saturated rings. The second-order valence-electron chi connectivity index (χ2n) is 4.04. The van der Waals surface area contributed by atoms with E-state index in [1.54, 1.807) is 24.3 Å². The number of carbonyl (C=O) groups is 1. The zero-order valence-corrected chi connectivity index (χ0v) is 10.4. The van der Waals surface area contributed by atoms with Crippen molar-refractivity contribution in [3.05, 3.63) is 41.9 Å². The third kappa shape index (κ3) is 2.39. The van der Waals surface area contributed by atoms with E-state index in [4.69, 9.17) is 24.5 Å². The molecule has 2 aromatic rings. The molecule has 0 saturated heterocycles. The molecule has 0 saturated carbocycles. The Balaban J connectivity index is 1.64. The maximum absolute atomic E-state index is 11.2. The smallest absolute Gasteiger partial charge is 0.300 e. The minimum atomic E-state index is -0.487. The monoisotopic (exact) mass is 276 g/mol. The molecule has 7 heteroatoms. The molecule has 0 unspecified atom stereocenters. The predicted octanol–water partition coefficient (Wildman–Crippen LogP) is 1.19. The van der Waals surface area contributed by atoms with Gasteiger partial charge in [-0.25, -0.2) is 5.84 Å². The zero-order chi connectivity index (χ0) is 13.9. The number of nitrogens with two attached hydrogens (primary N) is 1. The number of nitrogen functional groups attached to an aromatic ring is 1. The Bertz CT molecular complexity index is 637. The molecule has 1 aromatic heterocycles. The Labute approximate surface area is 114 Å². The SMILES string of the molecule is NNC(=O)c1ccc(COc2ccc3c(c2)OCO3)o1. The van der Waals surface area contributed by atoms with E-state index in [0.717, 1.165) is 0 Å². The molecule has 3 N–H and O–H groups in total. The van der Waals surface area contributed by atoms with Gasteiger partial charge >= 0.3 is 5.91 Å². The average molecular weight is 276 g/mol. The Morgan fingerprint density at radius 3 is 2.95 bits per heavy atom. The lowest BCUT2D eigenvalue weighted by Crippen LogP contribution is -2.29. The predicted molar refractivity (Wildman–Crippen MR) is 67.3 cm³/mol. The Morgan fingerprint density at radius 1 is 1.25 bits per heavy atom. The van der Waals surface area contributed by atoms with Gasteiger partial charge < -0.3 is 18.6 Å². The summed E-state index contributed by atoms with van der Waals surface area (Å²) in [5, 5.41) is 0. The highest BCUT2D eigenvalue weighted by molar-refractivity contribution is 5.90. The van der Waals surface area contributed by atoms with Crippen molar-refractivity contribution in [1.29, 1.82) is 0 Å². The lowest BCUT2D eigenvalue weighted by Gasteiger charge is -2.05. The van der Waals surface area contributed by atoms with Crippen LogP contribution in [0.4, 0.5) is 0 Å². The van der Waals surface area contributed by atoms with Crippen LogP contribution in [0.1, 0.15) is 16.3 Å². The van der Waals surface area contributed by atoms with E-state index in [2.05, 4.69) is 0 Å². The Kier molecular flexibility index (Phi) is 3.18. The number of amides is 1. The highest BCUT2D eigenvalue weighted by atomic mass is 16.7. The van der Waals surface area contributed by atoms with Crippen molar-refractivity contribution >= 4 is 5.91 Å². The Morgan fingerprint density at radius 2 is 2.10 bits per heavy atom. The summed E-state index contributed by atoms with van der Waals surface area (Å²) in [7, 11) is 0. The van der Waals surface area contributed by atoms with Crippen LogP contribution in [0, 0.1) is 0 Å². The van der Waals surface area contributed by atoms with Crippen LogP contribution < -0.4 is 25.5 Å². The second-order valence-corrected chi connectivity index (χ2v) is 4.04. The van der Waals surface area contributed by atoms with Crippen molar-refractivity contribution in [2.24, 2.45) is 5.84 Å². The number of ether oxygens (including phenoxy) is 3. The summed E-state index contributed by atoms with van der Waals surface area (Å²) >= 11 is 0. The molecule has 7 nitrogen and oxygen atoms in total. The molecule has 1 aliphatic heterocycles. The molecule has 1 aliphatic rings. The van der Waals surface area contributed by atoms with Gasteiger partial charge in [-0.15, -0.1) is 0 Å². The quantitative estimate of drug-likeness (QED) is 0.494. The van der Waals surface area contributed by atoms with Crippen LogP contribution in [0.25, 0.3) is 0 Å². The van der Waals surface area contributed by atoms with E-state index < -0.39 is 5.91 Å². The second kappa shape index (κ2) is 5.14. The van der Waals surface area contributed by atoms with E-state index in [9.17, 15) is 4.79 Å². The summed E-state index contributed by atoms with van der Waals surface area (Å²) in [5.41, 5.74) is 1.99. The summed E-state index contributed by atoms with van der Waals surface area (Å²) in [6.07, 6.45) is 0. The average Bonchev–Trinajstić information content (AvgIpc) is 3.12. The number of rotatable bonds is 4. The van der Waals surface area contributed by atoms with Crippen LogP contribution in [0.2, 0.25) is 0 Å². The molecular weight excluding hydrogens is 264 g/mol. The molecule has 0 spiro atoms. The van der Waals surface area contributed by atoms with Crippen molar-refractivity contribution in [1.82, 2.24) is 5.43 Å². The van der Waals surface area contributed by atoms with Gasteiger partial charge in [0.05, 0.1) is 0 Å². The first-order valence-electron chi connectivity index (χ1n) is 5.88.